The maximum absolute atomic E-state index is 12.0. The number of urea groups is 1. The lowest BCUT2D eigenvalue weighted by Crippen LogP contribution is -2.49. The van der Waals surface area contributed by atoms with E-state index in [4.69, 9.17) is 0 Å². The fourth-order valence-corrected chi connectivity index (χ4v) is 2.48. The van der Waals surface area contributed by atoms with Gasteiger partial charge in [-0.2, -0.15) is 0 Å². The lowest BCUT2D eigenvalue weighted by Gasteiger charge is -2.34. The van der Waals surface area contributed by atoms with Crippen molar-refractivity contribution in [2.45, 2.75) is 45.6 Å². The standard InChI is InChI=1S/C14H27N3O2/c1-5-11(6-2)13(18)15-12-7-9-17(10-8-12)14(19)16(3)4/h11-12H,5-10H2,1-4H3,(H,15,18). The average molecular weight is 269 g/mol. The molecule has 1 fully saturated rings. The van der Waals surface area contributed by atoms with E-state index in [9.17, 15) is 9.59 Å². The molecule has 0 spiro atoms. The Morgan fingerprint density at radius 2 is 1.74 bits per heavy atom. The largest absolute Gasteiger partial charge is 0.353 e. The second-order valence-electron chi connectivity index (χ2n) is 5.46. The van der Waals surface area contributed by atoms with E-state index in [-0.39, 0.29) is 23.9 Å². The van der Waals surface area contributed by atoms with Gasteiger partial charge in [0.1, 0.15) is 0 Å². The Hall–Kier alpha value is -1.26. The molecule has 0 unspecified atom stereocenters. The molecule has 1 rings (SSSR count). The molecular weight excluding hydrogens is 242 g/mol. The van der Waals surface area contributed by atoms with Crippen molar-refractivity contribution in [3.8, 4) is 0 Å². The molecule has 0 saturated carbocycles. The normalized spacial score (nSPS) is 16.6. The third kappa shape index (κ3) is 4.40. The van der Waals surface area contributed by atoms with Crippen molar-refractivity contribution >= 4 is 11.9 Å². The summed E-state index contributed by atoms with van der Waals surface area (Å²) < 4.78 is 0. The van der Waals surface area contributed by atoms with Crippen molar-refractivity contribution in [2.75, 3.05) is 27.2 Å². The molecule has 3 amide bonds. The van der Waals surface area contributed by atoms with Gasteiger partial charge < -0.3 is 15.1 Å². The third-order valence-electron chi connectivity index (χ3n) is 3.85. The van der Waals surface area contributed by atoms with Crippen molar-refractivity contribution in [3.05, 3.63) is 0 Å². The summed E-state index contributed by atoms with van der Waals surface area (Å²) in [5, 5.41) is 3.12. The van der Waals surface area contributed by atoms with Crippen LogP contribution in [0.15, 0.2) is 0 Å². The summed E-state index contributed by atoms with van der Waals surface area (Å²) in [5.74, 6) is 0.295. The van der Waals surface area contributed by atoms with Crippen LogP contribution >= 0.6 is 0 Å². The summed E-state index contributed by atoms with van der Waals surface area (Å²) in [7, 11) is 3.53. The number of carbonyl (C=O) groups excluding carboxylic acids is 2. The first-order chi connectivity index (χ1) is 8.99. The van der Waals surface area contributed by atoms with E-state index in [1.807, 2.05) is 18.7 Å². The van der Waals surface area contributed by atoms with Crippen LogP contribution in [0.1, 0.15) is 39.5 Å². The zero-order valence-corrected chi connectivity index (χ0v) is 12.6. The van der Waals surface area contributed by atoms with Crippen molar-refractivity contribution in [3.63, 3.8) is 0 Å². The molecule has 5 nitrogen and oxygen atoms in total. The molecule has 1 N–H and O–H groups in total. The number of rotatable bonds is 4. The predicted molar refractivity (Wildman–Crippen MR) is 75.9 cm³/mol. The zero-order valence-electron chi connectivity index (χ0n) is 12.6. The highest BCUT2D eigenvalue weighted by molar-refractivity contribution is 5.79. The monoisotopic (exact) mass is 269 g/mol. The summed E-state index contributed by atoms with van der Waals surface area (Å²) in [6, 6.07) is 0.282. The van der Waals surface area contributed by atoms with Gasteiger partial charge in [-0.3, -0.25) is 4.79 Å². The van der Waals surface area contributed by atoms with Gasteiger partial charge in [-0.1, -0.05) is 13.8 Å². The number of nitrogens with one attached hydrogen (secondary N) is 1. The van der Waals surface area contributed by atoms with Gasteiger partial charge in [0.25, 0.3) is 0 Å². The Balaban J connectivity index is 2.38. The molecule has 5 heteroatoms. The topological polar surface area (TPSA) is 52.7 Å². The van der Waals surface area contributed by atoms with E-state index in [0.717, 1.165) is 38.8 Å². The Morgan fingerprint density at radius 3 is 2.16 bits per heavy atom. The molecule has 0 aromatic heterocycles. The number of hydrogen-bond donors (Lipinski definition) is 1. The summed E-state index contributed by atoms with van der Waals surface area (Å²) >= 11 is 0. The van der Waals surface area contributed by atoms with Gasteiger partial charge in [-0.05, 0) is 25.7 Å². The van der Waals surface area contributed by atoms with E-state index in [1.54, 1.807) is 19.0 Å². The van der Waals surface area contributed by atoms with Crippen molar-refractivity contribution in [1.29, 1.82) is 0 Å². The van der Waals surface area contributed by atoms with E-state index in [2.05, 4.69) is 5.32 Å². The van der Waals surface area contributed by atoms with Crippen molar-refractivity contribution in [1.82, 2.24) is 15.1 Å². The highest BCUT2D eigenvalue weighted by Crippen LogP contribution is 2.14. The van der Waals surface area contributed by atoms with Crippen LogP contribution in [0.2, 0.25) is 0 Å². The summed E-state index contributed by atoms with van der Waals surface area (Å²) in [5.41, 5.74) is 0. The van der Waals surface area contributed by atoms with Crippen LogP contribution in [0.5, 0.6) is 0 Å². The minimum Gasteiger partial charge on any atom is -0.353 e. The number of piperidine rings is 1. The van der Waals surface area contributed by atoms with Crippen LogP contribution < -0.4 is 5.32 Å². The Labute approximate surface area is 116 Å². The fraction of sp³-hybridized carbons (Fsp3) is 0.857. The quantitative estimate of drug-likeness (QED) is 0.844. The van der Waals surface area contributed by atoms with Crippen LogP contribution in [0.25, 0.3) is 0 Å². The molecule has 0 aliphatic carbocycles. The number of carbonyl (C=O) groups is 2. The molecule has 1 saturated heterocycles. The molecule has 0 atom stereocenters. The molecule has 19 heavy (non-hydrogen) atoms. The van der Waals surface area contributed by atoms with E-state index in [1.165, 1.54) is 0 Å². The van der Waals surface area contributed by atoms with Gasteiger partial charge in [0.2, 0.25) is 5.91 Å². The maximum Gasteiger partial charge on any atom is 0.319 e. The van der Waals surface area contributed by atoms with E-state index < -0.39 is 0 Å². The first kappa shape index (κ1) is 15.8. The first-order valence-electron chi connectivity index (χ1n) is 7.26. The fourth-order valence-electron chi connectivity index (χ4n) is 2.48. The predicted octanol–water partition coefficient (Wildman–Crippen LogP) is 1.68. The molecule has 110 valence electrons. The Morgan fingerprint density at radius 1 is 1.21 bits per heavy atom. The maximum atomic E-state index is 12.0. The van der Waals surface area contributed by atoms with Crippen molar-refractivity contribution < 1.29 is 9.59 Å². The summed E-state index contributed by atoms with van der Waals surface area (Å²) in [6.07, 6.45) is 3.48. The number of likely N-dealkylation sites (tertiary alicyclic amines) is 1. The molecule has 0 radical (unpaired) electrons. The summed E-state index contributed by atoms with van der Waals surface area (Å²) in [4.78, 5) is 27.2. The average Bonchev–Trinajstić information content (AvgIpc) is 2.40. The summed E-state index contributed by atoms with van der Waals surface area (Å²) in [6.45, 7) is 5.55. The first-order valence-corrected chi connectivity index (χ1v) is 7.26. The lowest BCUT2D eigenvalue weighted by molar-refractivity contribution is -0.126. The molecule has 0 bridgehead atoms. The molecule has 1 heterocycles. The Kier molecular flexibility index (Phi) is 6.12. The van der Waals surface area contributed by atoms with Gasteiger partial charge in [-0.15, -0.1) is 0 Å². The second kappa shape index (κ2) is 7.36. The van der Waals surface area contributed by atoms with Gasteiger partial charge in [0, 0.05) is 39.1 Å². The smallest absolute Gasteiger partial charge is 0.319 e. The van der Waals surface area contributed by atoms with Crippen molar-refractivity contribution in [2.24, 2.45) is 5.92 Å². The molecule has 0 aromatic rings. The highest BCUT2D eigenvalue weighted by Gasteiger charge is 2.25. The van der Waals surface area contributed by atoms with E-state index >= 15 is 0 Å². The third-order valence-corrected chi connectivity index (χ3v) is 3.85. The minimum absolute atomic E-state index is 0.0600. The number of amides is 3. The molecule has 1 aliphatic heterocycles. The molecule has 1 aliphatic rings. The van der Waals surface area contributed by atoms with Crippen LogP contribution in [-0.2, 0) is 4.79 Å². The van der Waals surface area contributed by atoms with Crippen LogP contribution in [0.3, 0.4) is 0 Å². The van der Waals surface area contributed by atoms with Crippen LogP contribution in [0, 0.1) is 5.92 Å². The number of nitrogens with zero attached hydrogens (tertiary/aromatic N) is 2. The zero-order chi connectivity index (χ0) is 14.4. The van der Waals surface area contributed by atoms with Gasteiger partial charge in [0.15, 0.2) is 0 Å². The number of hydrogen-bond acceptors (Lipinski definition) is 2. The Bertz CT molecular complexity index is 306. The van der Waals surface area contributed by atoms with Gasteiger partial charge >= 0.3 is 6.03 Å². The van der Waals surface area contributed by atoms with E-state index in [0.29, 0.717) is 0 Å². The minimum atomic E-state index is 0.0600. The second-order valence-corrected chi connectivity index (χ2v) is 5.46. The SMILES string of the molecule is CCC(CC)C(=O)NC1CCN(C(=O)N(C)C)CC1. The lowest BCUT2D eigenvalue weighted by atomic mass is 10.00. The van der Waals surface area contributed by atoms with Crippen LogP contribution in [0.4, 0.5) is 4.79 Å². The van der Waals surface area contributed by atoms with Gasteiger partial charge in [0.05, 0.1) is 0 Å². The van der Waals surface area contributed by atoms with Crippen LogP contribution in [-0.4, -0.2) is 55.0 Å². The van der Waals surface area contributed by atoms with Gasteiger partial charge in [-0.25, -0.2) is 4.79 Å². The highest BCUT2D eigenvalue weighted by atomic mass is 16.2. The molecule has 0 aromatic carbocycles. The molecular formula is C14H27N3O2.